The predicted octanol–water partition coefficient (Wildman–Crippen LogP) is 3.36. The molecule has 17 heavy (non-hydrogen) atoms. The summed E-state index contributed by atoms with van der Waals surface area (Å²) in [5.74, 6) is 1.62. The molecule has 0 saturated heterocycles. The first-order chi connectivity index (χ1) is 8.31. The van der Waals surface area contributed by atoms with Crippen molar-refractivity contribution in [2.24, 2.45) is 17.8 Å². The first-order valence-electron chi connectivity index (χ1n) is 7.53. The van der Waals surface area contributed by atoms with Gasteiger partial charge in [-0.15, -0.1) is 0 Å². The van der Waals surface area contributed by atoms with Crippen molar-refractivity contribution in [3.63, 3.8) is 0 Å². The lowest BCUT2D eigenvalue weighted by Crippen LogP contribution is -2.26. The standard InChI is InChI=1S/C15H30O2/c1-2-3-4-5-6-13-7-9-14(10-8-13)15(11-16)12-17/h13-17H,2-12H2,1H3/t13-,14-. The summed E-state index contributed by atoms with van der Waals surface area (Å²) in [5, 5.41) is 18.4. The Balaban J connectivity index is 2.12. The highest BCUT2D eigenvalue weighted by atomic mass is 16.3. The van der Waals surface area contributed by atoms with Crippen LogP contribution in [0.3, 0.4) is 0 Å². The lowest BCUT2D eigenvalue weighted by molar-refractivity contribution is 0.0781. The first-order valence-corrected chi connectivity index (χ1v) is 7.53. The molecule has 0 bridgehead atoms. The van der Waals surface area contributed by atoms with Crippen LogP contribution in [-0.2, 0) is 0 Å². The molecule has 0 aromatic heterocycles. The molecule has 0 radical (unpaired) electrons. The molecule has 0 aromatic carbocycles. The summed E-state index contributed by atoms with van der Waals surface area (Å²) in [5.41, 5.74) is 0. The second-order valence-corrected chi connectivity index (χ2v) is 5.76. The topological polar surface area (TPSA) is 40.5 Å². The molecule has 0 unspecified atom stereocenters. The Morgan fingerprint density at radius 3 is 2.12 bits per heavy atom. The van der Waals surface area contributed by atoms with E-state index in [0.717, 1.165) is 5.92 Å². The van der Waals surface area contributed by atoms with Crippen molar-refractivity contribution in [2.45, 2.75) is 64.7 Å². The quantitative estimate of drug-likeness (QED) is 0.641. The Labute approximate surface area is 106 Å². The summed E-state index contributed by atoms with van der Waals surface area (Å²) in [7, 11) is 0. The zero-order chi connectivity index (χ0) is 12.5. The predicted molar refractivity (Wildman–Crippen MR) is 71.9 cm³/mol. The van der Waals surface area contributed by atoms with Crippen molar-refractivity contribution < 1.29 is 10.2 Å². The van der Waals surface area contributed by atoms with E-state index in [9.17, 15) is 10.2 Å². The van der Waals surface area contributed by atoms with Crippen LogP contribution in [0.15, 0.2) is 0 Å². The van der Waals surface area contributed by atoms with E-state index in [0.29, 0.717) is 5.92 Å². The molecular weight excluding hydrogens is 212 g/mol. The van der Waals surface area contributed by atoms with E-state index >= 15 is 0 Å². The number of aliphatic hydroxyl groups excluding tert-OH is 2. The second kappa shape index (κ2) is 8.93. The highest BCUT2D eigenvalue weighted by molar-refractivity contribution is 4.77. The second-order valence-electron chi connectivity index (χ2n) is 5.76. The summed E-state index contributed by atoms with van der Waals surface area (Å²) in [4.78, 5) is 0. The van der Waals surface area contributed by atoms with E-state index in [4.69, 9.17) is 0 Å². The largest absolute Gasteiger partial charge is 0.396 e. The van der Waals surface area contributed by atoms with Crippen molar-refractivity contribution in [2.75, 3.05) is 13.2 Å². The molecule has 0 heterocycles. The van der Waals surface area contributed by atoms with E-state index in [1.54, 1.807) is 0 Å². The van der Waals surface area contributed by atoms with Crippen LogP contribution >= 0.6 is 0 Å². The smallest absolute Gasteiger partial charge is 0.0483 e. The molecule has 2 N–H and O–H groups in total. The van der Waals surface area contributed by atoms with Crippen molar-refractivity contribution in [1.29, 1.82) is 0 Å². The van der Waals surface area contributed by atoms with Crippen molar-refractivity contribution in [1.82, 2.24) is 0 Å². The van der Waals surface area contributed by atoms with Crippen LogP contribution in [0.1, 0.15) is 64.7 Å². The molecule has 102 valence electrons. The van der Waals surface area contributed by atoms with Gasteiger partial charge in [0, 0.05) is 19.1 Å². The van der Waals surface area contributed by atoms with Gasteiger partial charge in [0.25, 0.3) is 0 Å². The SMILES string of the molecule is CCCCCC[C@H]1CC[C@H](C(CO)CO)CC1. The first kappa shape index (κ1) is 15.0. The average Bonchev–Trinajstić information content (AvgIpc) is 2.38. The fourth-order valence-corrected chi connectivity index (χ4v) is 3.16. The van der Waals surface area contributed by atoms with Crippen LogP contribution in [0.2, 0.25) is 0 Å². The van der Waals surface area contributed by atoms with Gasteiger partial charge in [-0.3, -0.25) is 0 Å². The van der Waals surface area contributed by atoms with Gasteiger partial charge in [-0.25, -0.2) is 0 Å². The van der Waals surface area contributed by atoms with Gasteiger partial charge in [-0.05, 0) is 24.7 Å². The highest BCUT2D eigenvalue weighted by Gasteiger charge is 2.26. The van der Waals surface area contributed by atoms with Gasteiger partial charge < -0.3 is 10.2 Å². The van der Waals surface area contributed by atoms with Crippen molar-refractivity contribution in [3.8, 4) is 0 Å². The minimum absolute atomic E-state index is 0.135. The zero-order valence-electron chi connectivity index (χ0n) is 11.4. The van der Waals surface area contributed by atoms with Crippen LogP contribution in [0.25, 0.3) is 0 Å². The molecule has 1 aliphatic carbocycles. The van der Waals surface area contributed by atoms with E-state index in [2.05, 4.69) is 6.92 Å². The van der Waals surface area contributed by atoms with E-state index < -0.39 is 0 Å². The highest BCUT2D eigenvalue weighted by Crippen LogP contribution is 2.35. The van der Waals surface area contributed by atoms with Crippen LogP contribution in [0.5, 0.6) is 0 Å². The van der Waals surface area contributed by atoms with Gasteiger partial charge in [0.1, 0.15) is 0 Å². The molecule has 0 atom stereocenters. The van der Waals surface area contributed by atoms with Gasteiger partial charge >= 0.3 is 0 Å². The number of aliphatic hydroxyl groups is 2. The average molecular weight is 242 g/mol. The molecule has 1 rings (SSSR count). The molecule has 2 heteroatoms. The molecule has 0 aromatic rings. The molecule has 1 aliphatic rings. The lowest BCUT2D eigenvalue weighted by atomic mass is 9.75. The fourth-order valence-electron chi connectivity index (χ4n) is 3.16. The molecular formula is C15H30O2. The van der Waals surface area contributed by atoms with Gasteiger partial charge in [0.2, 0.25) is 0 Å². The summed E-state index contributed by atoms with van der Waals surface area (Å²) < 4.78 is 0. The van der Waals surface area contributed by atoms with E-state index in [1.807, 2.05) is 0 Å². The Morgan fingerprint density at radius 2 is 1.59 bits per heavy atom. The summed E-state index contributed by atoms with van der Waals surface area (Å²) in [6, 6.07) is 0. The summed E-state index contributed by atoms with van der Waals surface area (Å²) in [6.07, 6.45) is 11.9. The minimum atomic E-state index is 0.135. The van der Waals surface area contributed by atoms with Gasteiger partial charge in [-0.2, -0.15) is 0 Å². The molecule has 1 saturated carbocycles. The van der Waals surface area contributed by atoms with Gasteiger partial charge in [-0.1, -0.05) is 51.9 Å². The monoisotopic (exact) mass is 242 g/mol. The Hall–Kier alpha value is -0.0800. The third-order valence-corrected chi connectivity index (χ3v) is 4.49. The maximum absolute atomic E-state index is 9.18. The van der Waals surface area contributed by atoms with E-state index in [-0.39, 0.29) is 19.1 Å². The summed E-state index contributed by atoms with van der Waals surface area (Å²) >= 11 is 0. The Kier molecular flexibility index (Phi) is 7.87. The third-order valence-electron chi connectivity index (χ3n) is 4.49. The van der Waals surface area contributed by atoms with Crippen LogP contribution in [0, 0.1) is 17.8 Å². The maximum atomic E-state index is 9.18. The van der Waals surface area contributed by atoms with Gasteiger partial charge in [0.15, 0.2) is 0 Å². The maximum Gasteiger partial charge on any atom is 0.0483 e. The van der Waals surface area contributed by atoms with Crippen LogP contribution < -0.4 is 0 Å². The van der Waals surface area contributed by atoms with Gasteiger partial charge in [0.05, 0.1) is 0 Å². The van der Waals surface area contributed by atoms with Crippen molar-refractivity contribution in [3.05, 3.63) is 0 Å². The molecule has 0 spiro atoms. The molecule has 0 amide bonds. The zero-order valence-corrected chi connectivity index (χ0v) is 11.4. The molecule has 0 aliphatic heterocycles. The minimum Gasteiger partial charge on any atom is -0.396 e. The summed E-state index contributed by atoms with van der Waals surface area (Å²) in [6.45, 7) is 2.57. The number of rotatable bonds is 8. The Morgan fingerprint density at radius 1 is 0.941 bits per heavy atom. The number of unbranched alkanes of at least 4 members (excludes halogenated alkanes) is 3. The van der Waals surface area contributed by atoms with Crippen LogP contribution in [0.4, 0.5) is 0 Å². The number of hydrogen-bond donors (Lipinski definition) is 2. The van der Waals surface area contributed by atoms with Crippen molar-refractivity contribution >= 4 is 0 Å². The fraction of sp³-hybridized carbons (Fsp3) is 1.00. The normalized spacial score (nSPS) is 25.4. The Bertz CT molecular complexity index is 170. The van der Waals surface area contributed by atoms with Crippen LogP contribution in [-0.4, -0.2) is 23.4 Å². The molecule has 1 fully saturated rings. The lowest BCUT2D eigenvalue weighted by Gasteiger charge is -2.32. The third kappa shape index (κ3) is 5.39. The van der Waals surface area contributed by atoms with E-state index in [1.165, 1.54) is 57.8 Å². The molecule has 2 nitrogen and oxygen atoms in total. The number of hydrogen-bond acceptors (Lipinski definition) is 2.